The van der Waals surface area contributed by atoms with E-state index in [9.17, 15) is 4.39 Å². The van der Waals surface area contributed by atoms with Gasteiger partial charge in [-0.3, -0.25) is 0 Å². The Morgan fingerprint density at radius 3 is 2.64 bits per heavy atom. The predicted molar refractivity (Wildman–Crippen MR) is 90.3 cm³/mol. The van der Waals surface area contributed by atoms with Crippen LogP contribution in [0.5, 0.6) is 0 Å². The van der Waals surface area contributed by atoms with Gasteiger partial charge in [0, 0.05) is 18.2 Å². The van der Waals surface area contributed by atoms with Gasteiger partial charge in [-0.05, 0) is 36.2 Å². The smallest absolute Gasteiger partial charge is 0.127 e. The van der Waals surface area contributed by atoms with Crippen molar-refractivity contribution in [2.45, 2.75) is 26.4 Å². The molecule has 2 heteroatoms. The minimum Gasteiger partial charge on any atom is -0.306 e. The van der Waals surface area contributed by atoms with E-state index in [1.165, 1.54) is 22.4 Å². The van der Waals surface area contributed by atoms with Crippen LogP contribution in [0.4, 0.5) is 4.39 Å². The Balaban J connectivity index is 1.82. The third kappa shape index (κ3) is 3.02. The second-order valence-electron chi connectivity index (χ2n) is 5.77. The highest BCUT2D eigenvalue weighted by atomic mass is 19.1. The Kier molecular flexibility index (Phi) is 4.21. The fraction of sp³-hybridized carbons (Fsp3) is 0.200. The summed E-state index contributed by atoms with van der Waals surface area (Å²) in [6.07, 6.45) is 0. The van der Waals surface area contributed by atoms with Gasteiger partial charge in [-0.2, -0.15) is 0 Å². The molecule has 1 atom stereocenters. The molecule has 0 saturated carbocycles. The van der Waals surface area contributed by atoms with Gasteiger partial charge in [0.25, 0.3) is 0 Å². The van der Waals surface area contributed by atoms with Gasteiger partial charge in [-0.15, -0.1) is 0 Å². The molecule has 3 rings (SSSR count). The number of halogens is 1. The SMILES string of the molecule is Cc1ccc(F)c(CN[C@H](C)c2cccc3ccccc23)c1. The molecule has 3 aromatic rings. The zero-order valence-electron chi connectivity index (χ0n) is 12.9. The molecule has 0 bridgehead atoms. The summed E-state index contributed by atoms with van der Waals surface area (Å²) in [5.41, 5.74) is 3.04. The normalized spacial score (nSPS) is 12.5. The van der Waals surface area contributed by atoms with E-state index in [2.05, 4.69) is 48.6 Å². The van der Waals surface area contributed by atoms with Gasteiger partial charge in [-0.25, -0.2) is 4.39 Å². The van der Waals surface area contributed by atoms with Gasteiger partial charge in [0.2, 0.25) is 0 Å². The molecule has 0 aliphatic rings. The Morgan fingerprint density at radius 2 is 1.77 bits per heavy atom. The quantitative estimate of drug-likeness (QED) is 0.702. The van der Waals surface area contributed by atoms with Crippen molar-refractivity contribution in [1.82, 2.24) is 5.32 Å². The number of aryl methyl sites for hydroxylation is 1. The van der Waals surface area contributed by atoms with Crippen LogP contribution < -0.4 is 5.32 Å². The number of rotatable bonds is 4. The Morgan fingerprint density at radius 1 is 1.00 bits per heavy atom. The first-order chi connectivity index (χ1) is 10.6. The van der Waals surface area contributed by atoms with Crippen LogP contribution in [-0.4, -0.2) is 0 Å². The second-order valence-corrected chi connectivity index (χ2v) is 5.77. The fourth-order valence-electron chi connectivity index (χ4n) is 2.84. The Labute approximate surface area is 130 Å². The number of fused-ring (bicyclic) bond motifs is 1. The molecule has 1 nitrogen and oxygen atoms in total. The first-order valence-electron chi connectivity index (χ1n) is 7.61. The molecular weight excluding hydrogens is 273 g/mol. The molecule has 3 aromatic carbocycles. The van der Waals surface area contributed by atoms with Crippen LogP contribution in [0, 0.1) is 12.7 Å². The summed E-state index contributed by atoms with van der Waals surface area (Å²) in [4.78, 5) is 0. The van der Waals surface area contributed by atoms with Crippen molar-refractivity contribution >= 4 is 10.8 Å². The van der Waals surface area contributed by atoms with Crippen LogP contribution in [0.3, 0.4) is 0 Å². The predicted octanol–water partition coefficient (Wildman–Crippen LogP) is 5.14. The number of benzene rings is 3. The molecule has 22 heavy (non-hydrogen) atoms. The topological polar surface area (TPSA) is 12.0 Å². The lowest BCUT2D eigenvalue weighted by Gasteiger charge is -2.17. The molecule has 0 unspecified atom stereocenters. The summed E-state index contributed by atoms with van der Waals surface area (Å²) in [6, 6.07) is 20.1. The molecule has 0 amide bonds. The number of hydrogen-bond acceptors (Lipinski definition) is 1. The average Bonchev–Trinajstić information content (AvgIpc) is 2.55. The van der Waals surface area contributed by atoms with Crippen LogP contribution in [0.2, 0.25) is 0 Å². The molecule has 112 valence electrons. The van der Waals surface area contributed by atoms with Crippen molar-refractivity contribution in [2.75, 3.05) is 0 Å². The third-order valence-electron chi connectivity index (χ3n) is 4.09. The minimum absolute atomic E-state index is 0.150. The summed E-state index contributed by atoms with van der Waals surface area (Å²) in [5, 5.41) is 5.91. The van der Waals surface area contributed by atoms with Gasteiger partial charge in [0.05, 0.1) is 0 Å². The monoisotopic (exact) mass is 293 g/mol. The Hall–Kier alpha value is -2.19. The van der Waals surface area contributed by atoms with Crippen LogP contribution in [0.1, 0.15) is 29.7 Å². The highest BCUT2D eigenvalue weighted by Crippen LogP contribution is 2.24. The summed E-state index contributed by atoms with van der Waals surface area (Å²) >= 11 is 0. The number of hydrogen-bond donors (Lipinski definition) is 1. The summed E-state index contributed by atoms with van der Waals surface area (Å²) < 4.78 is 13.8. The van der Waals surface area contributed by atoms with Gasteiger partial charge in [0.15, 0.2) is 0 Å². The van der Waals surface area contributed by atoms with Gasteiger partial charge in [0.1, 0.15) is 5.82 Å². The summed E-state index contributed by atoms with van der Waals surface area (Å²) in [7, 11) is 0. The zero-order valence-corrected chi connectivity index (χ0v) is 12.9. The van der Waals surface area contributed by atoms with E-state index in [1.807, 2.05) is 19.1 Å². The third-order valence-corrected chi connectivity index (χ3v) is 4.09. The van der Waals surface area contributed by atoms with Crippen molar-refractivity contribution in [1.29, 1.82) is 0 Å². The van der Waals surface area contributed by atoms with E-state index < -0.39 is 0 Å². The molecule has 0 aliphatic carbocycles. The van der Waals surface area contributed by atoms with Crippen molar-refractivity contribution < 1.29 is 4.39 Å². The highest BCUT2D eigenvalue weighted by Gasteiger charge is 2.10. The van der Waals surface area contributed by atoms with Crippen LogP contribution in [0.15, 0.2) is 60.7 Å². The summed E-state index contributed by atoms with van der Waals surface area (Å²) in [6.45, 7) is 4.63. The van der Waals surface area contributed by atoms with E-state index in [-0.39, 0.29) is 11.9 Å². The molecule has 0 spiro atoms. The van der Waals surface area contributed by atoms with Gasteiger partial charge < -0.3 is 5.32 Å². The van der Waals surface area contributed by atoms with Crippen molar-refractivity contribution in [3.05, 3.63) is 83.2 Å². The van der Waals surface area contributed by atoms with E-state index in [4.69, 9.17) is 0 Å². The molecule has 0 fully saturated rings. The van der Waals surface area contributed by atoms with Gasteiger partial charge in [-0.1, -0.05) is 60.2 Å². The minimum atomic E-state index is -0.150. The molecule has 1 N–H and O–H groups in total. The number of nitrogens with one attached hydrogen (secondary N) is 1. The average molecular weight is 293 g/mol. The molecule has 0 heterocycles. The Bertz CT molecular complexity index is 789. The first kappa shape index (κ1) is 14.7. The maximum absolute atomic E-state index is 13.8. The van der Waals surface area contributed by atoms with Crippen molar-refractivity contribution in [3.8, 4) is 0 Å². The lowest BCUT2D eigenvalue weighted by molar-refractivity contribution is 0.546. The van der Waals surface area contributed by atoms with Crippen molar-refractivity contribution in [2.24, 2.45) is 0 Å². The molecule has 0 aromatic heterocycles. The molecule has 0 aliphatic heterocycles. The van der Waals surface area contributed by atoms with E-state index >= 15 is 0 Å². The lowest BCUT2D eigenvalue weighted by Crippen LogP contribution is -2.19. The zero-order chi connectivity index (χ0) is 15.5. The van der Waals surface area contributed by atoms with Crippen molar-refractivity contribution in [3.63, 3.8) is 0 Å². The van der Waals surface area contributed by atoms with E-state index in [0.717, 1.165) is 5.56 Å². The lowest BCUT2D eigenvalue weighted by atomic mass is 9.99. The molecular formula is C20H20FN. The fourth-order valence-corrected chi connectivity index (χ4v) is 2.84. The van der Waals surface area contributed by atoms with E-state index in [1.54, 1.807) is 6.07 Å². The largest absolute Gasteiger partial charge is 0.306 e. The first-order valence-corrected chi connectivity index (χ1v) is 7.61. The highest BCUT2D eigenvalue weighted by molar-refractivity contribution is 5.86. The van der Waals surface area contributed by atoms with Crippen LogP contribution in [-0.2, 0) is 6.54 Å². The maximum atomic E-state index is 13.8. The van der Waals surface area contributed by atoms with Crippen LogP contribution >= 0.6 is 0 Å². The summed E-state index contributed by atoms with van der Waals surface area (Å²) in [5.74, 6) is -0.150. The van der Waals surface area contributed by atoms with Crippen LogP contribution in [0.25, 0.3) is 10.8 Å². The van der Waals surface area contributed by atoms with Gasteiger partial charge >= 0.3 is 0 Å². The van der Waals surface area contributed by atoms with E-state index in [0.29, 0.717) is 12.1 Å². The molecule has 0 radical (unpaired) electrons. The maximum Gasteiger partial charge on any atom is 0.127 e. The second kappa shape index (κ2) is 6.29. The molecule has 0 saturated heterocycles. The standard InChI is InChI=1S/C20H20FN/c1-14-10-11-20(21)17(12-14)13-22-15(2)18-9-5-7-16-6-3-4-8-19(16)18/h3-12,15,22H,13H2,1-2H3/t15-/m1/s1.